The van der Waals surface area contributed by atoms with Crippen LogP contribution in [-0.4, -0.2) is 25.5 Å². The van der Waals surface area contributed by atoms with Gasteiger partial charge in [0.05, 0.1) is 13.7 Å². The Morgan fingerprint density at radius 3 is 2.42 bits per heavy atom. The summed E-state index contributed by atoms with van der Waals surface area (Å²) in [5, 5.41) is 0. The monoisotopic (exact) mass is 356 g/mol. The van der Waals surface area contributed by atoms with Crippen LogP contribution in [0.2, 0.25) is 0 Å². The number of benzene rings is 2. The Bertz CT molecular complexity index is 739. The molecular weight excluding hydrogens is 332 g/mol. The van der Waals surface area contributed by atoms with Crippen LogP contribution in [0.1, 0.15) is 25.0 Å². The Morgan fingerprint density at radius 2 is 1.81 bits per heavy atom. The van der Waals surface area contributed by atoms with Gasteiger partial charge in [-0.05, 0) is 49.6 Å². The lowest BCUT2D eigenvalue weighted by molar-refractivity contribution is -0.151. The molecule has 5 nitrogen and oxygen atoms in total. The van der Waals surface area contributed by atoms with Crippen molar-refractivity contribution < 1.29 is 23.8 Å². The summed E-state index contributed by atoms with van der Waals surface area (Å²) < 4.78 is 16.2. The number of rotatable bonds is 9. The first-order chi connectivity index (χ1) is 12.5. The molecule has 0 amide bonds. The molecule has 0 fully saturated rings. The van der Waals surface area contributed by atoms with Gasteiger partial charge in [-0.1, -0.05) is 30.3 Å². The van der Waals surface area contributed by atoms with Crippen LogP contribution in [-0.2, 0) is 27.4 Å². The van der Waals surface area contributed by atoms with Gasteiger partial charge in [-0.2, -0.15) is 0 Å². The molecule has 138 valence electrons. The van der Waals surface area contributed by atoms with Gasteiger partial charge < -0.3 is 14.2 Å². The first-order valence-corrected chi connectivity index (χ1v) is 8.55. The van der Waals surface area contributed by atoms with E-state index in [1.54, 1.807) is 32.2 Å². The molecule has 0 aromatic heterocycles. The normalized spacial score (nSPS) is 11.5. The van der Waals surface area contributed by atoms with Crippen molar-refractivity contribution in [1.82, 2.24) is 0 Å². The summed E-state index contributed by atoms with van der Waals surface area (Å²) in [7, 11) is 1.57. The number of ketones is 1. The lowest BCUT2D eigenvalue weighted by atomic mass is 9.95. The van der Waals surface area contributed by atoms with Gasteiger partial charge in [0.1, 0.15) is 29.8 Å². The minimum absolute atomic E-state index is 0.204. The first kappa shape index (κ1) is 19.5. The summed E-state index contributed by atoms with van der Waals surface area (Å²) in [5.74, 6) is -0.360. The highest BCUT2D eigenvalue weighted by Gasteiger charge is 2.26. The summed E-state index contributed by atoms with van der Waals surface area (Å²) in [5.41, 5.74) is 1.76. The number of methoxy groups -OCH3 is 1. The van der Waals surface area contributed by atoms with Gasteiger partial charge in [-0.25, -0.2) is 0 Å². The summed E-state index contributed by atoms with van der Waals surface area (Å²) >= 11 is 0. The molecule has 2 rings (SSSR count). The molecule has 0 N–H and O–H groups in total. The first-order valence-electron chi connectivity index (χ1n) is 8.55. The molecule has 1 unspecified atom stereocenters. The van der Waals surface area contributed by atoms with Gasteiger partial charge in [0, 0.05) is 0 Å². The van der Waals surface area contributed by atoms with Crippen LogP contribution in [0, 0.1) is 5.92 Å². The van der Waals surface area contributed by atoms with E-state index in [1.807, 2.05) is 30.3 Å². The number of carbonyl (C=O) groups excluding carboxylic acids is 2. The summed E-state index contributed by atoms with van der Waals surface area (Å²) in [4.78, 5) is 24.1. The summed E-state index contributed by atoms with van der Waals surface area (Å²) in [6.45, 7) is 3.74. The number of Topliss-reactive ketones (excluding diaryl/α,β-unsaturated/α-hetero) is 1. The third-order valence-corrected chi connectivity index (χ3v) is 3.99. The van der Waals surface area contributed by atoms with Crippen molar-refractivity contribution in [1.29, 1.82) is 0 Å². The number of hydrogen-bond donors (Lipinski definition) is 0. The van der Waals surface area contributed by atoms with E-state index in [0.717, 1.165) is 11.1 Å². The van der Waals surface area contributed by atoms with Gasteiger partial charge in [0.2, 0.25) is 0 Å². The van der Waals surface area contributed by atoms with E-state index in [-0.39, 0.29) is 18.8 Å². The molecule has 0 aliphatic rings. The number of ether oxygens (including phenoxy) is 3. The van der Waals surface area contributed by atoms with E-state index < -0.39 is 11.9 Å². The Hall–Kier alpha value is -2.82. The highest BCUT2D eigenvalue weighted by atomic mass is 16.5. The molecular formula is C21H24O5. The van der Waals surface area contributed by atoms with Crippen molar-refractivity contribution in [2.24, 2.45) is 5.92 Å². The maximum Gasteiger partial charge on any atom is 0.316 e. The zero-order chi connectivity index (χ0) is 18.9. The van der Waals surface area contributed by atoms with Crippen molar-refractivity contribution in [3.05, 3.63) is 59.7 Å². The maximum atomic E-state index is 12.1. The van der Waals surface area contributed by atoms with Crippen LogP contribution in [0.3, 0.4) is 0 Å². The van der Waals surface area contributed by atoms with E-state index in [0.29, 0.717) is 18.1 Å². The third kappa shape index (κ3) is 5.34. The van der Waals surface area contributed by atoms with Crippen molar-refractivity contribution in [2.45, 2.75) is 26.9 Å². The SMILES string of the molecule is CCOC(=O)C(Cc1cc(OC)ccc1OCc1ccccc1)C(C)=O. The molecule has 2 aromatic rings. The minimum Gasteiger partial charge on any atom is -0.497 e. The van der Waals surface area contributed by atoms with E-state index in [2.05, 4.69) is 0 Å². The summed E-state index contributed by atoms with van der Waals surface area (Å²) in [6, 6.07) is 15.1. The Morgan fingerprint density at radius 1 is 1.08 bits per heavy atom. The zero-order valence-corrected chi connectivity index (χ0v) is 15.4. The Kier molecular flexibility index (Phi) is 7.21. The number of carbonyl (C=O) groups is 2. The number of hydrogen-bond acceptors (Lipinski definition) is 5. The predicted octanol–water partition coefficient (Wildman–Crippen LogP) is 3.59. The molecule has 2 aromatic carbocycles. The van der Waals surface area contributed by atoms with Crippen LogP contribution in [0.25, 0.3) is 0 Å². The lowest BCUT2D eigenvalue weighted by Gasteiger charge is -2.17. The van der Waals surface area contributed by atoms with E-state index in [9.17, 15) is 9.59 Å². The standard InChI is InChI=1S/C21H24O5/c1-4-25-21(23)19(15(2)22)13-17-12-18(24-3)10-11-20(17)26-14-16-8-6-5-7-9-16/h5-12,19H,4,13-14H2,1-3H3. The predicted molar refractivity (Wildman–Crippen MR) is 98.3 cm³/mol. The molecule has 0 saturated carbocycles. The van der Waals surface area contributed by atoms with Crippen LogP contribution in [0.4, 0.5) is 0 Å². The van der Waals surface area contributed by atoms with Crippen LogP contribution >= 0.6 is 0 Å². The Balaban J connectivity index is 2.23. The van der Waals surface area contributed by atoms with Crippen molar-refractivity contribution in [3.8, 4) is 11.5 Å². The quantitative estimate of drug-likeness (QED) is 0.508. The van der Waals surface area contributed by atoms with Crippen LogP contribution in [0.5, 0.6) is 11.5 Å². The van der Waals surface area contributed by atoms with Crippen molar-refractivity contribution in [3.63, 3.8) is 0 Å². The van der Waals surface area contributed by atoms with Gasteiger partial charge in [0.15, 0.2) is 0 Å². The van der Waals surface area contributed by atoms with E-state index in [1.165, 1.54) is 6.92 Å². The maximum absolute atomic E-state index is 12.1. The highest BCUT2D eigenvalue weighted by Crippen LogP contribution is 2.28. The largest absolute Gasteiger partial charge is 0.497 e. The van der Waals surface area contributed by atoms with Crippen molar-refractivity contribution >= 4 is 11.8 Å². The molecule has 26 heavy (non-hydrogen) atoms. The molecule has 0 spiro atoms. The van der Waals surface area contributed by atoms with Crippen LogP contribution in [0.15, 0.2) is 48.5 Å². The molecule has 0 aliphatic heterocycles. The van der Waals surface area contributed by atoms with Gasteiger partial charge in [-0.15, -0.1) is 0 Å². The average molecular weight is 356 g/mol. The average Bonchev–Trinajstić information content (AvgIpc) is 2.65. The van der Waals surface area contributed by atoms with Crippen LogP contribution < -0.4 is 9.47 Å². The fourth-order valence-corrected chi connectivity index (χ4v) is 2.57. The highest BCUT2D eigenvalue weighted by molar-refractivity contribution is 5.98. The fraction of sp³-hybridized carbons (Fsp3) is 0.333. The molecule has 0 saturated heterocycles. The number of esters is 1. The second-order valence-corrected chi connectivity index (χ2v) is 5.87. The molecule has 1 atom stereocenters. The summed E-state index contributed by atoms with van der Waals surface area (Å²) in [6.07, 6.45) is 0.204. The van der Waals surface area contributed by atoms with E-state index >= 15 is 0 Å². The molecule has 0 bridgehead atoms. The van der Waals surface area contributed by atoms with E-state index in [4.69, 9.17) is 14.2 Å². The Labute approximate surface area is 153 Å². The van der Waals surface area contributed by atoms with Gasteiger partial charge in [-0.3, -0.25) is 9.59 Å². The smallest absolute Gasteiger partial charge is 0.316 e. The molecule has 0 radical (unpaired) electrons. The second-order valence-electron chi connectivity index (χ2n) is 5.87. The zero-order valence-electron chi connectivity index (χ0n) is 15.4. The molecule has 5 heteroatoms. The minimum atomic E-state index is -0.860. The van der Waals surface area contributed by atoms with Gasteiger partial charge >= 0.3 is 5.97 Å². The van der Waals surface area contributed by atoms with Gasteiger partial charge in [0.25, 0.3) is 0 Å². The topological polar surface area (TPSA) is 61.8 Å². The lowest BCUT2D eigenvalue weighted by Crippen LogP contribution is -2.26. The molecule has 0 aliphatic carbocycles. The molecule has 0 heterocycles. The third-order valence-electron chi connectivity index (χ3n) is 3.99. The second kappa shape index (κ2) is 9.61. The fourth-order valence-electron chi connectivity index (χ4n) is 2.57. The van der Waals surface area contributed by atoms with Crippen molar-refractivity contribution in [2.75, 3.05) is 13.7 Å².